The average molecular weight is 352 g/mol. The van der Waals surface area contributed by atoms with Crippen molar-refractivity contribution in [3.63, 3.8) is 0 Å². The van der Waals surface area contributed by atoms with Gasteiger partial charge in [-0.1, -0.05) is 50.5 Å². The number of allylic oxidation sites excluding steroid dienone is 3. The molecule has 0 aromatic heterocycles. The maximum absolute atomic E-state index is 12.1. The van der Waals surface area contributed by atoms with E-state index < -0.39 is 18.2 Å². The molecular weight excluding hydrogens is 320 g/mol. The molecule has 25 heavy (non-hydrogen) atoms. The van der Waals surface area contributed by atoms with Crippen LogP contribution in [0.3, 0.4) is 0 Å². The van der Waals surface area contributed by atoms with Gasteiger partial charge in [0.2, 0.25) is 0 Å². The molecule has 3 N–H and O–H groups in total. The van der Waals surface area contributed by atoms with E-state index in [0.29, 0.717) is 25.7 Å². The first kappa shape index (κ1) is 21.6. The highest BCUT2D eigenvalue weighted by molar-refractivity contribution is 5.86. The fourth-order valence-corrected chi connectivity index (χ4v) is 3.22. The molecule has 0 radical (unpaired) electrons. The highest BCUT2D eigenvalue weighted by Gasteiger charge is 2.39. The summed E-state index contributed by atoms with van der Waals surface area (Å²) in [6.07, 6.45) is 12.1. The second-order valence-electron chi connectivity index (χ2n) is 6.87. The van der Waals surface area contributed by atoms with E-state index in [0.717, 1.165) is 19.3 Å². The van der Waals surface area contributed by atoms with Crippen molar-refractivity contribution in [1.29, 1.82) is 0 Å². The second-order valence-corrected chi connectivity index (χ2v) is 6.87. The van der Waals surface area contributed by atoms with Crippen molar-refractivity contribution in [3.8, 4) is 0 Å². The summed E-state index contributed by atoms with van der Waals surface area (Å²) in [5.74, 6) is -1.29. The van der Waals surface area contributed by atoms with E-state index in [1.54, 1.807) is 12.2 Å². The molecule has 0 saturated heterocycles. The molecule has 1 rings (SSSR count). The molecule has 0 aliphatic heterocycles. The van der Waals surface area contributed by atoms with E-state index in [-0.39, 0.29) is 30.5 Å². The first-order chi connectivity index (χ1) is 12.0. The van der Waals surface area contributed by atoms with Crippen LogP contribution in [0.2, 0.25) is 0 Å². The van der Waals surface area contributed by atoms with Gasteiger partial charge in [0.1, 0.15) is 5.78 Å². The van der Waals surface area contributed by atoms with Gasteiger partial charge >= 0.3 is 5.97 Å². The number of hydrogen-bond donors (Lipinski definition) is 3. The number of aliphatic hydroxyl groups is 2. The van der Waals surface area contributed by atoms with E-state index in [2.05, 4.69) is 6.92 Å². The van der Waals surface area contributed by atoms with E-state index in [9.17, 15) is 19.8 Å². The van der Waals surface area contributed by atoms with Gasteiger partial charge in [-0.05, 0) is 25.7 Å². The summed E-state index contributed by atoms with van der Waals surface area (Å²) in [5, 5.41) is 28.7. The first-order valence-corrected chi connectivity index (χ1v) is 9.39. The predicted molar refractivity (Wildman–Crippen MR) is 97.1 cm³/mol. The molecule has 5 nitrogen and oxygen atoms in total. The van der Waals surface area contributed by atoms with Gasteiger partial charge < -0.3 is 15.3 Å². The molecule has 1 aliphatic carbocycles. The second kappa shape index (κ2) is 12.0. The Labute approximate surface area is 150 Å². The Morgan fingerprint density at radius 2 is 2.04 bits per heavy atom. The van der Waals surface area contributed by atoms with Crippen LogP contribution in [-0.4, -0.2) is 39.3 Å². The van der Waals surface area contributed by atoms with Gasteiger partial charge in [-0.2, -0.15) is 0 Å². The zero-order valence-electron chi connectivity index (χ0n) is 15.1. The minimum atomic E-state index is -0.798. The maximum atomic E-state index is 12.1. The standard InChI is InChI=1S/C20H32O5/c1-2-3-6-9-15(21)12-13-17-16(18(22)14-19(17)23)10-7-4-5-8-11-20(24)25/h4,7,12-13,15-18,21-22H,2-3,5-6,8-11,14H2,1H3,(H,24,25)/b7-4-,13-12+/t15-,16-,17-,18+/m1/s1. The average Bonchev–Trinajstić information content (AvgIpc) is 2.82. The van der Waals surface area contributed by atoms with Crippen LogP contribution in [0.1, 0.15) is 64.7 Å². The third-order valence-corrected chi connectivity index (χ3v) is 4.72. The summed E-state index contributed by atoms with van der Waals surface area (Å²) in [4.78, 5) is 22.5. The molecule has 4 atom stereocenters. The number of carbonyl (C=O) groups excluding carboxylic acids is 1. The monoisotopic (exact) mass is 352 g/mol. The molecule has 0 bridgehead atoms. The molecule has 5 heteroatoms. The van der Waals surface area contributed by atoms with Crippen LogP contribution >= 0.6 is 0 Å². The van der Waals surface area contributed by atoms with Crippen LogP contribution < -0.4 is 0 Å². The highest BCUT2D eigenvalue weighted by atomic mass is 16.4. The van der Waals surface area contributed by atoms with Crippen molar-refractivity contribution in [2.75, 3.05) is 0 Å². The number of Topliss-reactive ketones (excluding diaryl/α,β-unsaturated/α-hetero) is 1. The Balaban J connectivity index is 2.48. The lowest BCUT2D eigenvalue weighted by Crippen LogP contribution is -2.19. The van der Waals surface area contributed by atoms with Crippen molar-refractivity contribution in [1.82, 2.24) is 0 Å². The number of rotatable bonds is 12. The summed E-state index contributed by atoms with van der Waals surface area (Å²) in [6, 6.07) is 0. The van der Waals surface area contributed by atoms with Crippen LogP contribution in [0.4, 0.5) is 0 Å². The Morgan fingerprint density at radius 3 is 2.72 bits per heavy atom. The molecule has 0 spiro atoms. The lowest BCUT2D eigenvalue weighted by atomic mass is 9.90. The first-order valence-electron chi connectivity index (χ1n) is 9.39. The number of hydrogen-bond acceptors (Lipinski definition) is 4. The van der Waals surface area contributed by atoms with Gasteiger partial charge in [0.25, 0.3) is 0 Å². The van der Waals surface area contributed by atoms with Gasteiger partial charge in [0.05, 0.1) is 12.2 Å². The van der Waals surface area contributed by atoms with Crippen molar-refractivity contribution in [2.45, 2.75) is 76.9 Å². The minimum Gasteiger partial charge on any atom is -0.481 e. The zero-order valence-corrected chi connectivity index (χ0v) is 15.1. The van der Waals surface area contributed by atoms with Crippen molar-refractivity contribution >= 4 is 11.8 Å². The van der Waals surface area contributed by atoms with Gasteiger partial charge in [-0.3, -0.25) is 9.59 Å². The fraction of sp³-hybridized carbons (Fsp3) is 0.700. The van der Waals surface area contributed by atoms with E-state index in [1.807, 2.05) is 12.2 Å². The number of aliphatic hydroxyl groups excluding tert-OH is 2. The van der Waals surface area contributed by atoms with E-state index in [1.165, 1.54) is 0 Å². The Hall–Kier alpha value is -1.46. The highest BCUT2D eigenvalue weighted by Crippen LogP contribution is 2.33. The summed E-state index contributed by atoms with van der Waals surface area (Å²) < 4.78 is 0. The Bertz CT molecular complexity index is 469. The normalized spacial score (nSPS) is 25.2. The molecular formula is C20H32O5. The molecule has 0 aromatic rings. The molecule has 142 valence electrons. The smallest absolute Gasteiger partial charge is 0.303 e. The topological polar surface area (TPSA) is 94.8 Å². The van der Waals surface area contributed by atoms with Crippen LogP contribution in [0.15, 0.2) is 24.3 Å². The zero-order chi connectivity index (χ0) is 18.7. The van der Waals surface area contributed by atoms with Gasteiger partial charge in [-0.25, -0.2) is 0 Å². The quantitative estimate of drug-likeness (QED) is 0.370. The molecule has 1 saturated carbocycles. The number of carbonyl (C=O) groups is 2. The molecule has 0 aromatic carbocycles. The lowest BCUT2D eigenvalue weighted by Gasteiger charge is -2.17. The maximum Gasteiger partial charge on any atom is 0.303 e. The lowest BCUT2D eigenvalue weighted by molar-refractivity contribution is -0.137. The van der Waals surface area contributed by atoms with Crippen LogP contribution in [0.25, 0.3) is 0 Å². The van der Waals surface area contributed by atoms with Gasteiger partial charge in [-0.15, -0.1) is 0 Å². The summed E-state index contributed by atoms with van der Waals surface area (Å²) in [7, 11) is 0. The Kier molecular flexibility index (Phi) is 10.3. The largest absolute Gasteiger partial charge is 0.481 e. The van der Waals surface area contributed by atoms with Crippen LogP contribution in [0.5, 0.6) is 0 Å². The summed E-state index contributed by atoms with van der Waals surface area (Å²) in [5.41, 5.74) is 0. The van der Waals surface area contributed by atoms with Crippen LogP contribution in [0, 0.1) is 11.8 Å². The number of carboxylic acids is 1. The third kappa shape index (κ3) is 8.45. The van der Waals surface area contributed by atoms with E-state index >= 15 is 0 Å². The summed E-state index contributed by atoms with van der Waals surface area (Å²) >= 11 is 0. The number of unbranched alkanes of at least 4 members (excludes halogenated alkanes) is 3. The van der Waals surface area contributed by atoms with Crippen molar-refractivity contribution in [2.24, 2.45) is 11.8 Å². The number of ketones is 1. The van der Waals surface area contributed by atoms with Crippen molar-refractivity contribution in [3.05, 3.63) is 24.3 Å². The predicted octanol–water partition coefficient (Wildman–Crippen LogP) is 3.25. The minimum absolute atomic E-state index is 0.0220. The Morgan fingerprint density at radius 1 is 1.28 bits per heavy atom. The number of aliphatic carboxylic acids is 1. The van der Waals surface area contributed by atoms with Crippen molar-refractivity contribution < 1.29 is 24.9 Å². The molecule has 1 aliphatic rings. The molecule has 1 fully saturated rings. The van der Waals surface area contributed by atoms with E-state index in [4.69, 9.17) is 5.11 Å². The molecule has 0 heterocycles. The SMILES string of the molecule is CCCCC[C@@H](O)/C=C/[C@H]1C(=O)C[C@H](O)[C@@H]1C/C=C\CCCC(=O)O. The fourth-order valence-electron chi connectivity index (χ4n) is 3.22. The van der Waals surface area contributed by atoms with Gasteiger partial charge in [0.15, 0.2) is 0 Å². The van der Waals surface area contributed by atoms with Crippen LogP contribution in [-0.2, 0) is 9.59 Å². The molecule has 0 amide bonds. The van der Waals surface area contributed by atoms with Gasteiger partial charge in [0, 0.05) is 24.7 Å². The molecule has 0 unspecified atom stereocenters. The third-order valence-electron chi connectivity index (χ3n) is 4.72. The number of carboxylic acid groups (broad SMARTS) is 1. The summed E-state index contributed by atoms with van der Waals surface area (Å²) in [6.45, 7) is 2.11.